The second-order valence-electron chi connectivity index (χ2n) is 9.31. The third kappa shape index (κ3) is 4.26. The molecule has 3 atom stereocenters. The first kappa shape index (κ1) is 21.7. The minimum atomic E-state index is 0.0284. The number of nitrogens with one attached hydrogen (secondary N) is 1. The van der Waals surface area contributed by atoms with E-state index in [0.717, 1.165) is 30.9 Å². The van der Waals surface area contributed by atoms with E-state index in [1.165, 1.54) is 16.7 Å². The van der Waals surface area contributed by atoms with E-state index >= 15 is 0 Å². The van der Waals surface area contributed by atoms with Crippen molar-refractivity contribution in [2.24, 2.45) is 0 Å². The molecule has 0 spiro atoms. The molecule has 170 valence electrons. The summed E-state index contributed by atoms with van der Waals surface area (Å²) in [6.07, 6.45) is 0. The molecule has 1 N–H and O–H groups in total. The third-order valence-corrected chi connectivity index (χ3v) is 6.96. The maximum absolute atomic E-state index is 12.1. The van der Waals surface area contributed by atoms with E-state index in [1.54, 1.807) is 26.1 Å². The minimum Gasteiger partial charge on any atom is -0.496 e. The van der Waals surface area contributed by atoms with Gasteiger partial charge in [-0.3, -0.25) is 9.69 Å². The van der Waals surface area contributed by atoms with Crippen LogP contribution in [0.4, 0.5) is 0 Å². The average molecular weight is 442 g/mol. The Balaban J connectivity index is 1.23. The highest BCUT2D eigenvalue weighted by molar-refractivity contribution is 5.94. The van der Waals surface area contributed by atoms with Gasteiger partial charge in [-0.25, -0.2) is 0 Å². The summed E-state index contributed by atoms with van der Waals surface area (Å²) in [4.78, 5) is 16.2. The smallest absolute Gasteiger partial charge is 0.253 e. The maximum atomic E-state index is 12.1. The number of nitrogens with zero attached hydrogens (tertiary/aromatic N) is 2. The number of methoxy groups -OCH3 is 1. The zero-order chi connectivity index (χ0) is 22.9. The van der Waals surface area contributed by atoms with Crippen LogP contribution in [0.15, 0.2) is 72.8 Å². The quantitative estimate of drug-likeness (QED) is 0.628. The number of hydrogen-bond donors (Lipinski definition) is 1. The molecular formula is C28H31N3O2. The summed E-state index contributed by atoms with van der Waals surface area (Å²) in [7, 11) is 5.29. The van der Waals surface area contributed by atoms with Crippen LogP contribution in [0.2, 0.25) is 0 Å². The first-order valence-corrected chi connectivity index (χ1v) is 11.6. The lowest BCUT2D eigenvalue weighted by atomic mass is 9.74. The molecule has 1 amide bonds. The van der Waals surface area contributed by atoms with E-state index in [-0.39, 0.29) is 5.91 Å². The van der Waals surface area contributed by atoms with Gasteiger partial charge in [-0.15, -0.1) is 0 Å². The molecule has 3 aromatic carbocycles. The van der Waals surface area contributed by atoms with Crippen molar-refractivity contribution >= 4 is 5.91 Å². The van der Waals surface area contributed by atoms with Gasteiger partial charge in [0, 0.05) is 62.9 Å². The lowest BCUT2D eigenvalue weighted by molar-refractivity contribution is 0.0466. The van der Waals surface area contributed by atoms with Crippen molar-refractivity contribution in [3.63, 3.8) is 0 Å². The van der Waals surface area contributed by atoms with Gasteiger partial charge >= 0.3 is 0 Å². The number of piperidine rings is 1. The molecule has 6 rings (SSSR count). The molecular weight excluding hydrogens is 410 g/mol. The Labute approximate surface area is 196 Å². The van der Waals surface area contributed by atoms with Crippen molar-refractivity contribution in [2.45, 2.75) is 24.5 Å². The number of carbonyl (C=O) groups is 1. The van der Waals surface area contributed by atoms with Gasteiger partial charge in [0.2, 0.25) is 0 Å². The molecule has 0 aromatic heterocycles. The summed E-state index contributed by atoms with van der Waals surface area (Å²) in [6.45, 7) is 3.02. The van der Waals surface area contributed by atoms with Crippen molar-refractivity contribution in [1.82, 2.24) is 15.1 Å². The van der Waals surface area contributed by atoms with Crippen LogP contribution in [0.1, 0.15) is 27.4 Å². The summed E-state index contributed by atoms with van der Waals surface area (Å²) in [6, 6.07) is 26.1. The van der Waals surface area contributed by atoms with Crippen LogP contribution >= 0.6 is 0 Å². The molecule has 0 aliphatic carbocycles. The Bertz CT molecular complexity index is 1110. The zero-order valence-corrected chi connectivity index (χ0v) is 19.5. The summed E-state index contributed by atoms with van der Waals surface area (Å²) in [5.74, 6) is 1.56. The summed E-state index contributed by atoms with van der Waals surface area (Å²) < 4.78 is 5.53. The maximum Gasteiger partial charge on any atom is 0.253 e. The van der Waals surface area contributed by atoms with Crippen LogP contribution < -0.4 is 10.1 Å². The number of amides is 1. The van der Waals surface area contributed by atoms with Gasteiger partial charge in [0.1, 0.15) is 5.75 Å². The van der Waals surface area contributed by atoms with Crippen LogP contribution in [0, 0.1) is 0 Å². The van der Waals surface area contributed by atoms with E-state index in [9.17, 15) is 4.79 Å². The lowest BCUT2D eigenvalue weighted by Gasteiger charge is -2.55. The van der Waals surface area contributed by atoms with Gasteiger partial charge in [0.15, 0.2) is 0 Å². The van der Waals surface area contributed by atoms with Crippen molar-refractivity contribution < 1.29 is 9.53 Å². The van der Waals surface area contributed by atoms with Crippen LogP contribution in [0.25, 0.3) is 11.1 Å². The van der Waals surface area contributed by atoms with Crippen molar-refractivity contribution in [2.75, 3.05) is 34.3 Å². The van der Waals surface area contributed by atoms with Crippen molar-refractivity contribution in [3.8, 4) is 16.9 Å². The highest BCUT2D eigenvalue weighted by atomic mass is 16.5. The van der Waals surface area contributed by atoms with Gasteiger partial charge in [-0.1, -0.05) is 54.6 Å². The van der Waals surface area contributed by atoms with E-state index in [2.05, 4.69) is 46.6 Å². The molecule has 0 saturated carbocycles. The predicted molar refractivity (Wildman–Crippen MR) is 132 cm³/mol. The van der Waals surface area contributed by atoms with Crippen LogP contribution in [-0.4, -0.2) is 62.1 Å². The number of para-hydroxylation sites is 1. The SMILES string of the molecule is COc1ccccc1CN1C[C@@H]2N[C@H](C1)C2c1ccc(-c2ccc(C(=O)N(C)C)cc2)cc1. The largest absolute Gasteiger partial charge is 0.496 e. The summed E-state index contributed by atoms with van der Waals surface area (Å²) in [5.41, 5.74) is 5.68. The molecule has 5 heteroatoms. The average Bonchev–Trinajstić information content (AvgIpc) is 2.84. The molecule has 3 heterocycles. The van der Waals surface area contributed by atoms with Crippen LogP contribution in [0.3, 0.4) is 0 Å². The van der Waals surface area contributed by atoms with Gasteiger partial charge in [-0.05, 0) is 34.9 Å². The van der Waals surface area contributed by atoms with E-state index in [1.807, 2.05) is 36.4 Å². The number of piperazine rings is 1. The Morgan fingerprint density at radius 2 is 1.55 bits per heavy atom. The highest BCUT2D eigenvalue weighted by Gasteiger charge is 2.46. The van der Waals surface area contributed by atoms with E-state index in [4.69, 9.17) is 4.74 Å². The minimum absolute atomic E-state index is 0.0284. The molecule has 0 radical (unpaired) electrons. The number of rotatable bonds is 6. The predicted octanol–water partition coefficient (Wildman–Crippen LogP) is 4.00. The molecule has 3 aliphatic heterocycles. The third-order valence-electron chi connectivity index (χ3n) is 6.96. The fraction of sp³-hybridized carbons (Fsp3) is 0.321. The van der Waals surface area contributed by atoms with Crippen molar-refractivity contribution in [1.29, 1.82) is 0 Å². The number of carbonyl (C=O) groups excluding carboxylic acids is 1. The lowest BCUT2D eigenvalue weighted by Crippen LogP contribution is -2.71. The Morgan fingerprint density at radius 1 is 0.939 bits per heavy atom. The Kier molecular flexibility index (Phi) is 5.92. The number of fused-ring (bicyclic) bond motifs is 2. The standard InChI is InChI=1S/C28H31N3O2/c1-30(2)28(32)22-14-10-20(11-15-22)19-8-12-21(13-9-19)27-24-17-31(18-25(27)29-24)16-23-6-4-5-7-26(23)33-3/h4-15,24-25,27,29H,16-18H2,1-3H3/t24-,25+,27?. The fourth-order valence-corrected chi connectivity index (χ4v) is 5.24. The molecule has 3 saturated heterocycles. The molecule has 3 fully saturated rings. The van der Waals surface area contributed by atoms with Gasteiger partial charge in [0.05, 0.1) is 7.11 Å². The second-order valence-corrected chi connectivity index (χ2v) is 9.31. The van der Waals surface area contributed by atoms with Gasteiger partial charge in [-0.2, -0.15) is 0 Å². The normalized spacial score (nSPS) is 21.8. The number of hydrogen-bond acceptors (Lipinski definition) is 4. The van der Waals surface area contributed by atoms with Gasteiger partial charge < -0.3 is 15.0 Å². The molecule has 5 nitrogen and oxygen atoms in total. The highest BCUT2D eigenvalue weighted by Crippen LogP contribution is 2.38. The van der Waals surface area contributed by atoms with E-state index in [0.29, 0.717) is 23.6 Å². The second kappa shape index (κ2) is 9.00. The Morgan fingerprint density at radius 3 is 2.15 bits per heavy atom. The van der Waals surface area contributed by atoms with Crippen LogP contribution in [0.5, 0.6) is 5.75 Å². The molecule has 1 unspecified atom stereocenters. The van der Waals surface area contributed by atoms with Crippen molar-refractivity contribution in [3.05, 3.63) is 89.5 Å². The zero-order valence-electron chi connectivity index (χ0n) is 19.5. The number of benzene rings is 3. The molecule has 2 bridgehead atoms. The fourth-order valence-electron chi connectivity index (χ4n) is 5.24. The topological polar surface area (TPSA) is 44.8 Å². The number of ether oxygens (including phenoxy) is 1. The first-order valence-electron chi connectivity index (χ1n) is 11.6. The molecule has 33 heavy (non-hydrogen) atoms. The van der Waals surface area contributed by atoms with Gasteiger partial charge in [0.25, 0.3) is 5.91 Å². The molecule has 3 aliphatic rings. The monoisotopic (exact) mass is 441 g/mol. The summed E-state index contributed by atoms with van der Waals surface area (Å²) in [5, 5.41) is 3.74. The Hall–Kier alpha value is -3.15. The first-order chi connectivity index (χ1) is 16.0. The van der Waals surface area contributed by atoms with E-state index < -0.39 is 0 Å². The van der Waals surface area contributed by atoms with Crippen LogP contribution in [-0.2, 0) is 6.54 Å². The summed E-state index contributed by atoms with van der Waals surface area (Å²) >= 11 is 0. The molecule has 3 aromatic rings.